The van der Waals surface area contributed by atoms with Gasteiger partial charge in [-0.2, -0.15) is 5.10 Å². The van der Waals surface area contributed by atoms with Crippen LogP contribution >= 0.6 is 0 Å². The Hall–Kier alpha value is -2.21. The molecular weight excluding hydrogens is 278 g/mol. The number of aryl methyl sites for hydroxylation is 1. The highest BCUT2D eigenvalue weighted by Gasteiger charge is 2.28. The molecule has 2 aromatic rings. The van der Waals surface area contributed by atoms with Crippen LogP contribution in [-0.4, -0.2) is 38.7 Å². The molecule has 0 aliphatic carbocycles. The van der Waals surface area contributed by atoms with Crippen molar-refractivity contribution in [3.63, 3.8) is 0 Å². The van der Waals surface area contributed by atoms with Crippen molar-refractivity contribution >= 4 is 5.91 Å². The number of carbonyl (C=O) groups is 1. The Morgan fingerprint density at radius 1 is 1.45 bits per heavy atom. The molecule has 2 aromatic heterocycles. The third kappa shape index (κ3) is 3.51. The number of aromatic nitrogens is 3. The van der Waals surface area contributed by atoms with Crippen molar-refractivity contribution < 1.29 is 4.79 Å². The van der Waals surface area contributed by atoms with Crippen molar-refractivity contribution in [2.45, 2.75) is 25.4 Å². The van der Waals surface area contributed by atoms with E-state index in [1.54, 1.807) is 6.20 Å². The van der Waals surface area contributed by atoms with E-state index in [2.05, 4.69) is 20.3 Å². The highest BCUT2D eigenvalue weighted by Crippen LogP contribution is 2.30. The zero-order valence-corrected chi connectivity index (χ0v) is 12.8. The number of nitrogens with one attached hydrogen (secondary N) is 1. The van der Waals surface area contributed by atoms with Gasteiger partial charge in [-0.3, -0.25) is 19.4 Å². The second-order valence-electron chi connectivity index (χ2n) is 5.67. The third-order valence-electron chi connectivity index (χ3n) is 4.01. The first-order valence-corrected chi connectivity index (χ1v) is 7.61. The number of hydrogen-bond donors (Lipinski definition) is 1. The Morgan fingerprint density at radius 3 is 3.09 bits per heavy atom. The molecule has 0 bridgehead atoms. The summed E-state index contributed by atoms with van der Waals surface area (Å²) in [6.45, 7) is 1.86. The number of pyridine rings is 1. The molecule has 1 unspecified atom stereocenters. The first kappa shape index (κ1) is 14.7. The third-order valence-corrected chi connectivity index (χ3v) is 4.01. The van der Waals surface area contributed by atoms with E-state index in [0.29, 0.717) is 19.1 Å². The van der Waals surface area contributed by atoms with Gasteiger partial charge in [-0.25, -0.2) is 0 Å². The van der Waals surface area contributed by atoms with Crippen molar-refractivity contribution in [1.29, 1.82) is 0 Å². The summed E-state index contributed by atoms with van der Waals surface area (Å²) in [5, 5.41) is 7.17. The molecular formula is C16H21N5O. The summed E-state index contributed by atoms with van der Waals surface area (Å²) < 4.78 is 1.81. The quantitative estimate of drug-likeness (QED) is 0.903. The normalized spacial score (nSPS) is 18.5. The predicted molar refractivity (Wildman–Crippen MR) is 82.8 cm³/mol. The van der Waals surface area contributed by atoms with E-state index in [9.17, 15) is 4.79 Å². The van der Waals surface area contributed by atoms with Gasteiger partial charge in [0.25, 0.3) is 0 Å². The van der Waals surface area contributed by atoms with Crippen LogP contribution in [0.3, 0.4) is 0 Å². The van der Waals surface area contributed by atoms with Crippen LogP contribution in [-0.2, 0) is 18.4 Å². The fourth-order valence-electron chi connectivity index (χ4n) is 2.94. The molecule has 1 N–H and O–H groups in total. The van der Waals surface area contributed by atoms with Gasteiger partial charge in [0.15, 0.2) is 0 Å². The van der Waals surface area contributed by atoms with E-state index in [-0.39, 0.29) is 5.91 Å². The van der Waals surface area contributed by atoms with Crippen LogP contribution in [0.25, 0.3) is 0 Å². The number of hydrogen-bond acceptors (Lipinski definition) is 4. The lowest BCUT2D eigenvalue weighted by atomic mass is 10.1. The summed E-state index contributed by atoms with van der Waals surface area (Å²) >= 11 is 0. The van der Waals surface area contributed by atoms with Crippen LogP contribution in [0.5, 0.6) is 0 Å². The van der Waals surface area contributed by atoms with E-state index >= 15 is 0 Å². The van der Waals surface area contributed by atoms with Crippen molar-refractivity contribution in [3.8, 4) is 0 Å². The lowest BCUT2D eigenvalue weighted by Gasteiger charge is -2.22. The maximum Gasteiger partial charge on any atom is 0.234 e. The summed E-state index contributed by atoms with van der Waals surface area (Å²) in [4.78, 5) is 18.6. The van der Waals surface area contributed by atoms with Crippen LogP contribution in [0.4, 0.5) is 0 Å². The molecule has 1 atom stereocenters. The van der Waals surface area contributed by atoms with Gasteiger partial charge < -0.3 is 5.32 Å². The molecule has 1 saturated heterocycles. The topological polar surface area (TPSA) is 63.1 Å². The SMILES string of the molecule is Cn1cc(C2CCCN2CC(=O)NCc2ccccn2)cn1. The maximum absolute atomic E-state index is 12.2. The lowest BCUT2D eigenvalue weighted by Crippen LogP contribution is -2.36. The molecule has 0 radical (unpaired) electrons. The Balaban J connectivity index is 1.54. The van der Waals surface area contributed by atoms with Gasteiger partial charge in [-0.15, -0.1) is 0 Å². The van der Waals surface area contributed by atoms with Crippen LogP contribution < -0.4 is 5.32 Å². The van der Waals surface area contributed by atoms with E-state index < -0.39 is 0 Å². The molecule has 6 heteroatoms. The van der Waals surface area contributed by atoms with Gasteiger partial charge in [0.2, 0.25) is 5.91 Å². The summed E-state index contributed by atoms with van der Waals surface area (Å²) in [5.41, 5.74) is 2.07. The van der Waals surface area contributed by atoms with Crippen molar-refractivity contribution in [3.05, 3.63) is 48.0 Å². The van der Waals surface area contributed by atoms with E-state index in [1.807, 2.05) is 42.3 Å². The lowest BCUT2D eigenvalue weighted by molar-refractivity contribution is -0.122. The molecule has 0 aromatic carbocycles. The van der Waals surface area contributed by atoms with Gasteiger partial charge in [0, 0.05) is 31.0 Å². The minimum absolute atomic E-state index is 0.0430. The molecule has 0 spiro atoms. The maximum atomic E-state index is 12.2. The Bertz CT molecular complexity index is 624. The van der Waals surface area contributed by atoms with E-state index in [1.165, 1.54) is 5.56 Å². The van der Waals surface area contributed by atoms with Crippen molar-refractivity contribution in [2.75, 3.05) is 13.1 Å². The molecule has 1 aliphatic heterocycles. The molecule has 22 heavy (non-hydrogen) atoms. The predicted octanol–water partition coefficient (Wildman–Crippen LogP) is 1.27. The monoisotopic (exact) mass is 299 g/mol. The molecule has 3 heterocycles. The second kappa shape index (κ2) is 6.70. The number of rotatable bonds is 5. The molecule has 1 fully saturated rings. The Labute approximate surface area is 130 Å². The number of likely N-dealkylation sites (tertiary alicyclic amines) is 1. The standard InChI is InChI=1S/C16H21N5O/c1-20-11-13(9-19-20)15-6-4-8-21(15)12-16(22)18-10-14-5-2-3-7-17-14/h2-3,5,7,9,11,15H,4,6,8,10,12H2,1H3,(H,18,22). The summed E-state index contributed by atoms with van der Waals surface area (Å²) in [6, 6.07) is 6.00. The van der Waals surface area contributed by atoms with Crippen LogP contribution in [0.15, 0.2) is 36.8 Å². The summed E-state index contributed by atoms with van der Waals surface area (Å²) in [6.07, 6.45) is 7.87. The number of nitrogens with zero attached hydrogens (tertiary/aromatic N) is 4. The molecule has 1 aliphatic rings. The summed E-state index contributed by atoms with van der Waals surface area (Å²) in [7, 11) is 1.92. The first-order chi connectivity index (χ1) is 10.7. The van der Waals surface area contributed by atoms with Crippen molar-refractivity contribution in [1.82, 2.24) is 25.0 Å². The van der Waals surface area contributed by atoms with Crippen LogP contribution in [0, 0.1) is 0 Å². The number of amides is 1. The van der Waals surface area contributed by atoms with Gasteiger partial charge in [-0.05, 0) is 31.5 Å². The Kier molecular flexibility index (Phi) is 4.48. The van der Waals surface area contributed by atoms with Gasteiger partial charge in [-0.1, -0.05) is 6.07 Å². The van der Waals surface area contributed by atoms with Gasteiger partial charge >= 0.3 is 0 Å². The van der Waals surface area contributed by atoms with Crippen LogP contribution in [0.2, 0.25) is 0 Å². The average Bonchev–Trinajstić information content (AvgIpc) is 3.15. The average molecular weight is 299 g/mol. The van der Waals surface area contributed by atoms with E-state index in [4.69, 9.17) is 0 Å². The zero-order valence-electron chi connectivity index (χ0n) is 12.8. The molecule has 0 saturated carbocycles. The molecule has 116 valence electrons. The van der Waals surface area contributed by atoms with Gasteiger partial charge in [0.1, 0.15) is 0 Å². The Morgan fingerprint density at radius 2 is 2.36 bits per heavy atom. The molecule has 3 rings (SSSR count). The van der Waals surface area contributed by atoms with Crippen LogP contribution in [0.1, 0.15) is 30.1 Å². The molecule has 1 amide bonds. The van der Waals surface area contributed by atoms with Crippen molar-refractivity contribution in [2.24, 2.45) is 7.05 Å². The number of carbonyl (C=O) groups excluding carboxylic acids is 1. The molecule has 6 nitrogen and oxygen atoms in total. The zero-order chi connectivity index (χ0) is 15.4. The summed E-state index contributed by atoms with van der Waals surface area (Å²) in [5.74, 6) is 0.0430. The first-order valence-electron chi connectivity index (χ1n) is 7.61. The second-order valence-corrected chi connectivity index (χ2v) is 5.67. The fraction of sp³-hybridized carbons (Fsp3) is 0.438. The highest BCUT2D eigenvalue weighted by molar-refractivity contribution is 5.78. The van der Waals surface area contributed by atoms with Gasteiger partial charge in [0.05, 0.1) is 25.0 Å². The smallest absolute Gasteiger partial charge is 0.234 e. The highest BCUT2D eigenvalue weighted by atomic mass is 16.2. The van der Waals surface area contributed by atoms with E-state index in [0.717, 1.165) is 25.1 Å². The fourth-order valence-corrected chi connectivity index (χ4v) is 2.94. The minimum Gasteiger partial charge on any atom is -0.349 e. The largest absolute Gasteiger partial charge is 0.349 e. The minimum atomic E-state index is 0.0430.